The van der Waals surface area contributed by atoms with Crippen LogP contribution < -0.4 is 4.72 Å². The first-order valence-electron chi connectivity index (χ1n) is 5.83. The molecule has 0 aromatic heterocycles. The summed E-state index contributed by atoms with van der Waals surface area (Å²) < 4.78 is 27.0. The van der Waals surface area contributed by atoms with E-state index in [4.69, 9.17) is 5.11 Å². The highest BCUT2D eigenvalue weighted by molar-refractivity contribution is 9.10. The minimum atomic E-state index is -3.64. The van der Waals surface area contributed by atoms with Gasteiger partial charge in [0.05, 0.1) is 10.5 Å². The van der Waals surface area contributed by atoms with Gasteiger partial charge >= 0.3 is 5.97 Å². The number of sulfonamides is 1. The fourth-order valence-corrected chi connectivity index (χ4v) is 3.92. The smallest absolute Gasteiger partial charge is 0.335 e. The molecule has 0 saturated heterocycles. The second-order valence-corrected chi connectivity index (χ2v) is 8.05. The summed E-state index contributed by atoms with van der Waals surface area (Å²) in [6.07, 6.45) is 2.70. The molecule has 0 aliphatic heterocycles. The Kier molecular flexibility index (Phi) is 6.50. The molecule has 5 nitrogen and oxygen atoms in total. The summed E-state index contributed by atoms with van der Waals surface area (Å²) in [5, 5.41) is 9.22. The number of thioether (sulfide) groups is 1. The largest absolute Gasteiger partial charge is 0.478 e. The van der Waals surface area contributed by atoms with Crippen LogP contribution in [0, 0.1) is 0 Å². The van der Waals surface area contributed by atoms with Gasteiger partial charge in [0.15, 0.2) is 0 Å². The Labute approximate surface area is 131 Å². The zero-order chi connectivity index (χ0) is 15.3. The number of halogens is 1. The Morgan fingerprint density at radius 1 is 1.50 bits per heavy atom. The van der Waals surface area contributed by atoms with Gasteiger partial charge in [-0.1, -0.05) is 6.92 Å². The maximum atomic E-state index is 12.1. The molecule has 0 radical (unpaired) electrons. The number of carboxylic acid groups (broad SMARTS) is 1. The third-order valence-corrected chi connectivity index (χ3v) is 6.19. The molecule has 0 aliphatic carbocycles. The zero-order valence-corrected chi connectivity index (χ0v) is 14.3. The highest BCUT2D eigenvalue weighted by atomic mass is 79.9. The van der Waals surface area contributed by atoms with Crippen molar-refractivity contribution < 1.29 is 18.3 Å². The van der Waals surface area contributed by atoms with Crippen LogP contribution in [0.15, 0.2) is 27.6 Å². The number of rotatable bonds is 7. The topological polar surface area (TPSA) is 83.5 Å². The first-order chi connectivity index (χ1) is 9.27. The number of hydrogen-bond acceptors (Lipinski definition) is 4. The Morgan fingerprint density at radius 2 is 2.15 bits per heavy atom. The van der Waals surface area contributed by atoms with E-state index in [1.54, 1.807) is 11.8 Å². The van der Waals surface area contributed by atoms with Crippen LogP contribution >= 0.6 is 27.7 Å². The lowest BCUT2D eigenvalue weighted by Crippen LogP contribution is -2.26. The molecule has 112 valence electrons. The predicted octanol–water partition coefficient (Wildman–Crippen LogP) is 2.57. The molecule has 2 N–H and O–H groups in total. The minimum absolute atomic E-state index is 0.0341. The summed E-state index contributed by atoms with van der Waals surface area (Å²) in [5.74, 6) is -1.10. The Hall–Kier alpha value is -0.570. The molecule has 0 heterocycles. The highest BCUT2D eigenvalue weighted by Crippen LogP contribution is 2.23. The molecule has 1 unspecified atom stereocenters. The van der Waals surface area contributed by atoms with E-state index >= 15 is 0 Å². The van der Waals surface area contributed by atoms with Gasteiger partial charge in [-0.15, -0.1) is 0 Å². The third-order valence-electron chi connectivity index (χ3n) is 2.71. The van der Waals surface area contributed by atoms with Gasteiger partial charge in [0, 0.05) is 16.3 Å². The zero-order valence-electron chi connectivity index (χ0n) is 11.1. The van der Waals surface area contributed by atoms with Crippen LogP contribution in [0.1, 0.15) is 23.7 Å². The maximum absolute atomic E-state index is 12.1. The van der Waals surface area contributed by atoms with E-state index in [0.717, 1.165) is 6.42 Å². The van der Waals surface area contributed by atoms with E-state index in [9.17, 15) is 13.2 Å². The molecule has 8 heteroatoms. The number of aromatic carboxylic acids is 1. The fourth-order valence-electron chi connectivity index (χ4n) is 1.44. The van der Waals surface area contributed by atoms with Crippen molar-refractivity contribution in [2.45, 2.75) is 23.5 Å². The number of carbonyl (C=O) groups is 1. The third kappa shape index (κ3) is 4.76. The highest BCUT2D eigenvalue weighted by Gasteiger charge is 2.18. The Morgan fingerprint density at radius 3 is 2.65 bits per heavy atom. The van der Waals surface area contributed by atoms with Gasteiger partial charge in [-0.25, -0.2) is 17.9 Å². The van der Waals surface area contributed by atoms with Gasteiger partial charge in [-0.2, -0.15) is 11.8 Å². The summed E-state index contributed by atoms with van der Waals surface area (Å²) in [6.45, 7) is 2.37. The van der Waals surface area contributed by atoms with Crippen molar-refractivity contribution in [3.8, 4) is 0 Å². The number of nitrogens with one attached hydrogen (secondary N) is 1. The normalized spacial score (nSPS) is 13.2. The molecule has 20 heavy (non-hydrogen) atoms. The molecule has 0 bridgehead atoms. The second kappa shape index (κ2) is 7.44. The predicted molar refractivity (Wildman–Crippen MR) is 83.9 cm³/mol. The monoisotopic (exact) mass is 381 g/mol. The molecule has 0 amide bonds. The molecule has 1 rings (SSSR count). The van der Waals surface area contributed by atoms with Gasteiger partial charge in [-0.05, 0) is 46.8 Å². The van der Waals surface area contributed by atoms with Crippen LogP contribution in [0.4, 0.5) is 0 Å². The van der Waals surface area contributed by atoms with Crippen LogP contribution in [0.2, 0.25) is 0 Å². The van der Waals surface area contributed by atoms with Crippen LogP contribution in [-0.4, -0.2) is 37.5 Å². The average molecular weight is 382 g/mol. The van der Waals surface area contributed by atoms with Gasteiger partial charge < -0.3 is 5.11 Å². The molecular weight excluding hydrogens is 366 g/mol. The average Bonchev–Trinajstić information content (AvgIpc) is 2.37. The summed E-state index contributed by atoms with van der Waals surface area (Å²) in [6, 6.07) is 3.83. The lowest BCUT2D eigenvalue weighted by molar-refractivity contribution is 0.0696. The number of hydrogen-bond donors (Lipinski definition) is 2. The quantitative estimate of drug-likeness (QED) is 0.757. The maximum Gasteiger partial charge on any atom is 0.335 e. The summed E-state index contributed by atoms with van der Waals surface area (Å²) in [4.78, 5) is 10.8. The SMILES string of the molecule is CSC(C)CCNS(=O)(=O)c1ccc(C(=O)O)cc1Br. The molecule has 0 saturated carbocycles. The molecular formula is C12H16BrNO4S2. The van der Waals surface area contributed by atoms with E-state index in [2.05, 4.69) is 20.7 Å². The van der Waals surface area contributed by atoms with Gasteiger partial charge in [0.25, 0.3) is 0 Å². The molecule has 1 aromatic rings. The van der Waals surface area contributed by atoms with E-state index < -0.39 is 16.0 Å². The van der Waals surface area contributed by atoms with E-state index in [1.807, 2.05) is 13.2 Å². The van der Waals surface area contributed by atoms with Crippen molar-refractivity contribution in [2.75, 3.05) is 12.8 Å². The van der Waals surface area contributed by atoms with E-state index in [-0.39, 0.29) is 14.9 Å². The lowest BCUT2D eigenvalue weighted by atomic mass is 10.2. The first kappa shape index (κ1) is 17.5. The van der Waals surface area contributed by atoms with Crippen molar-refractivity contribution >= 4 is 43.7 Å². The Bertz CT molecular complexity index is 589. The minimum Gasteiger partial charge on any atom is -0.478 e. The van der Waals surface area contributed by atoms with Crippen LogP contribution in [0.5, 0.6) is 0 Å². The summed E-state index contributed by atoms with van der Waals surface area (Å²) in [5.41, 5.74) is 0.0341. The van der Waals surface area contributed by atoms with Crippen LogP contribution in [0.25, 0.3) is 0 Å². The Balaban J connectivity index is 2.85. The molecule has 0 aliphatic rings. The molecule has 1 aromatic carbocycles. The fraction of sp³-hybridized carbons (Fsp3) is 0.417. The van der Waals surface area contributed by atoms with Crippen molar-refractivity contribution in [2.24, 2.45) is 0 Å². The van der Waals surface area contributed by atoms with Crippen molar-refractivity contribution in [1.29, 1.82) is 0 Å². The summed E-state index contributed by atoms with van der Waals surface area (Å²) in [7, 11) is -3.64. The second-order valence-electron chi connectivity index (χ2n) is 4.18. The number of carboxylic acids is 1. The summed E-state index contributed by atoms with van der Waals surface area (Å²) >= 11 is 4.77. The molecule has 0 fully saturated rings. The standard InChI is InChI=1S/C12H16BrNO4S2/c1-8(19-2)5-6-14-20(17,18)11-4-3-9(12(15)16)7-10(11)13/h3-4,7-8,14H,5-6H2,1-2H3,(H,15,16). The molecule has 1 atom stereocenters. The van der Waals surface area contributed by atoms with Gasteiger partial charge in [-0.3, -0.25) is 0 Å². The van der Waals surface area contributed by atoms with Gasteiger partial charge in [0.2, 0.25) is 10.0 Å². The van der Waals surface area contributed by atoms with Crippen LogP contribution in [0.3, 0.4) is 0 Å². The lowest BCUT2D eigenvalue weighted by Gasteiger charge is -2.11. The van der Waals surface area contributed by atoms with E-state index in [1.165, 1.54) is 18.2 Å². The van der Waals surface area contributed by atoms with Crippen molar-refractivity contribution in [1.82, 2.24) is 4.72 Å². The van der Waals surface area contributed by atoms with Gasteiger partial charge in [0.1, 0.15) is 0 Å². The van der Waals surface area contributed by atoms with Crippen molar-refractivity contribution in [3.63, 3.8) is 0 Å². The van der Waals surface area contributed by atoms with Crippen molar-refractivity contribution in [3.05, 3.63) is 28.2 Å². The van der Waals surface area contributed by atoms with Crippen LogP contribution in [-0.2, 0) is 10.0 Å². The molecule has 0 spiro atoms. The number of benzene rings is 1. The first-order valence-corrected chi connectivity index (χ1v) is 9.39. The van der Waals surface area contributed by atoms with E-state index in [0.29, 0.717) is 11.8 Å².